The van der Waals surface area contributed by atoms with Crippen LogP contribution in [-0.4, -0.2) is 30.1 Å². The number of carbonyl (C=O) groups is 2. The smallest absolute Gasteiger partial charge is 0.319 e. The average Bonchev–Trinajstić information content (AvgIpc) is 3.09. The topological polar surface area (TPSA) is 69.6 Å². The molecule has 0 radical (unpaired) electrons. The molecule has 0 aromatic heterocycles. The largest absolute Gasteiger partial charge is 0.480 e. The maximum absolute atomic E-state index is 12.0. The Morgan fingerprint density at radius 1 is 1.10 bits per heavy atom. The highest BCUT2D eigenvalue weighted by Gasteiger charge is 2.57. The molecule has 5 heteroatoms. The molecule has 1 saturated carbocycles. The lowest BCUT2D eigenvalue weighted by Crippen LogP contribution is -2.31. The number of hydrogen-bond acceptors (Lipinski definition) is 3. The number of nitrogens with zero attached hydrogens (tertiary/aromatic N) is 1. The van der Waals surface area contributed by atoms with Gasteiger partial charge in [-0.05, 0) is 49.9 Å². The van der Waals surface area contributed by atoms with Gasteiger partial charge in [-0.1, -0.05) is 0 Å². The van der Waals surface area contributed by atoms with Gasteiger partial charge in [-0.25, -0.2) is 0 Å². The molecular formula is C15H18N2O3. The summed E-state index contributed by atoms with van der Waals surface area (Å²) in [7, 11) is 0. The summed E-state index contributed by atoms with van der Waals surface area (Å²) in [4.78, 5) is 25.4. The zero-order chi connectivity index (χ0) is 14.2. The Morgan fingerprint density at radius 3 is 2.20 bits per heavy atom. The number of nitrogens with one attached hydrogen (secondary N) is 1. The van der Waals surface area contributed by atoms with Crippen LogP contribution in [0.3, 0.4) is 0 Å². The molecule has 2 fully saturated rings. The second-order valence-corrected chi connectivity index (χ2v) is 5.58. The van der Waals surface area contributed by atoms with Gasteiger partial charge in [0.1, 0.15) is 5.41 Å². The molecule has 3 rings (SSSR count). The molecular weight excluding hydrogens is 256 g/mol. The normalized spacial score (nSPS) is 19.7. The van der Waals surface area contributed by atoms with E-state index in [0.717, 1.165) is 18.8 Å². The van der Waals surface area contributed by atoms with Crippen LogP contribution in [-0.2, 0) is 9.59 Å². The van der Waals surface area contributed by atoms with Gasteiger partial charge in [-0.2, -0.15) is 0 Å². The van der Waals surface area contributed by atoms with Crippen LogP contribution in [0.15, 0.2) is 24.3 Å². The molecule has 20 heavy (non-hydrogen) atoms. The maximum Gasteiger partial charge on any atom is 0.319 e. The van der Waals surface area contributed by atoms with E-state index in [1.807, 2.05) is 24.3 Å². The van der Waals surface area contributed by atoms with Crippen molar-refractivity contribution in [3.8, 4) is 0 Å². The van der Waals surface area contributed by atoms with Crippen LogP contribution in [0, 0.1) is 5.41 Å². The predicted molar refractivity (Wildman–Crippen MR) is 75.8 cm³/mol. The summed E-state index contributed by atoms with van der Waals surface area (Å²) in [5.74, 6) is -1.43. The Balaban J connectivity index is 1.66. The number of rotatable bonds is 4. The lowest BCUT2D eigenvalue weighted by atomic mass is 10.1. The molecule has 2 N–H and O–H groups in total. The number of carboxylic acid groups (broad SMARTS) is 1. The maximum atomic E-state index is 12.0. The van der Waals surface area contributed by atoms with E-state index in [1.165, 1.54) is 12.8 Å². The van der Waals surface area contributed by atoms with Crippen molar-refractivity contribution in [2.45, 2.75) is 25.7 Å². The van der Waals surface area contributed by atoms with E-state index in [0.29, 0.717) is 18.5 Å². The minimum atomic E-state index is -1.19. The molecule has 0 bridgehead atoms. The van der Waals surface area contributed by atoms with Gasteiger partial charge in [0.2, 0.25) is 5.91 Å². The summed E-state index contributed by atoms with van der Waals surface area (Å²) in [6.45, 7) is 2.15. The van der Waals surface area contributed by atoms with E-state index in [-0.39, 0.29) is 0 Å². The van der Waals surface area contributed by atoms with E-state index in [9.17, 15) is 9.59 Å². The summed E-state index contributed by atoms with van der Waals surface area (Å²) in [5.41, 5.74) is 0.624. The van der Waals surface area contributed by atoms with Crippen LogP contribution >= 0.6 is 0 Å². The fourth-order valence-electron chi connectivity index (χ4n) is 2.64. The van der Waals surface area contributed by atoms with Crippen molar-refractivity contribution in [1.29, 1.82) is 0 Å². The Bertz CT molecular complexity index is 529. The fraction of sp³-hybridized carbons (Fsp3) is 0.467. The molecule has 106 valence electrons. The van der Waals surface area contributed by atoms with E-state index >= 15 is 0 Å². The Hall–Kier alpha value is -2.04. The average molecular weight is 274 g/mol. The van der Waals surface area contributed by atoms with Crippen LogP contribution in [0.1, 0.15) is 25.7 Å². The highest BCUT2D eigenvalue weighted by Crippen LogP contribution is 2.46. The lowest BCUT2D eigenvalue weighted by molar-refractivity contribution is -0.147. The molecule has 0 unspecified atom stereocenters. The van der Waals surface area contributed by atoms with Crippen molar-refractivity contribution in [3.05, 3.63) is 24.3 Å². The van der Waals surface area contributed by atoms with Crippen LogP contribution < -0.4 is 10.2 Å². The predicted octanol–water partition coefficient (Wildman–Crippen LogP) is 2.09. The standard InChI is InChI=1S/C15H18N2O3/c18-13(15(7-8-15)14(19)20)16-11-3-5-12(6-4-11)17-9-1-2-10-17/h3-6H,1-2,7-10H2,(H,16,18)(H,19,20). The molecule has 2 aliphatic rings. The quantitative estimate of drug-likeness (QED) is 0.825. The third-order valence-corrected chi connectivity index (χ3v) is 4.19. The number of amides is 1. The summed E-state index contributed by atoms with van der Waals surface area (Å²) < 4.78 is 0. The molecule has 1 aliphatic heterocycles. The molecule has 0 spiro atoms. The van der Waals surface area contributed by atoms with Gasteiger partial charge in [0.25, 0.3) is 0 Å². The van der Waals surface area contributed by atoms with E-state index in [2.05, 4.69) is 10.2 Å². The number of anilines is 2. The van der Waals surface area contributed by atoms with Gasteiger partial charge in [-0.3, -0.25) is 9.59 Å². The van der Waals surface area contributed by atoms with Gasteiger partial charge in [-0.15, -0.1) is 0 Å². The van der Waals surface area contributed by atoms with E-state index in [4.69, 9.17) is 5.11 Å². The number of aliphatic carboxylic acids is 1. The first-order valence-electron chi connectivity index (χ1n) is 7.02. The molecule has 1 saturated heterocycles. The second kappa shape index (κ2) is 4.81. The first-order chi connectivity index (χ1) is 9.62. The highest BCUT2D eigenvalue weighted by atomic mass is 16.4. The molecule has 1 heterocycles. The highest BCUT2D eigenvalue weighted by molar-refractivity contribution is 6.10. The molecule has 1 aromatic carbocycles. The Morgan fingerprint density at radius 2 is 1.70 bits per heavy atom. The van der Waals surface area contributed by atoms with Gasteiger partial charge >= 0.3 is 5.97 Å². The zero-order valence-electron chi connectivity index (χ0n) is 11.3. The molecule has 1 amide bonds. The van der Waals surface area contributed by atoms with Crippen LogP contribution in [0.4, 0.5) is 11.4 Å². The number of hydrogen-bond donors (Lipinski definition) is 2. The molecule has 1 aromatic rings. The third kappa shape index (κ3) is 2.24. The fourth-order valence-corrected chi connectivity index (χ4v) is 2.64. The zero-order valence-corrected chi connectivity index (χ0v) is 11.3. The first-order valence-corrected chi connectivity index (χ1v) is 7.02. The number of carboxylic acids is 1. The first kappa shape index (κ1) is 13.0. The van der Waals surface area contributed by atoms with Crippen molar-refractivity contribution < 1.29 is 14.7 Å². The van der Waals surface area contributed by atoms with Crippen molar-refractivity contribution >= 4 is 23.3 Å². The van der Waals surface area contributed by atoms with Crippen molar-refractivity contribution in [2.24, 2.45) is 5.41 Å². The second-order valence-electron chi connectivity index (χ2n) is 5.58. The molecule has 0 atom stereocenters. The Labute approximate surface area is 117 Å². The van der Waals surface area contributed by atoms with Crippen LogP contribution in [0.5, 0.6) is 0 Å². The monoisotopic (exact) mass is 274 g/mol. The third-order valence-electron chi connectivity index (χ3n) is 4.19. The SMILES string of the molecule is O=C(O)C1(C(=O)Nc2ccc(N3CCCC3)cc2)CC1. The Kier molecular flexibility index (Phi) is 3.12. The summed E-state index contributed by atoms with van der Waals surface area (Å²) in [6, 6.07) is 7.62. The summed E-state index contributed by atoms with van der Waals surface area (Å²) in [5, 5.41) is 11.8. The van der Waals surface area contributed by atoms with E-state index < -0.39 is 17.3 Å². The molecule has 1 aliphatic carbocycles. The summed E-state index contributed by atoms with van der Waals surface area (Å²) >= 11 is 0. The minimum absolute atomic E-state index is 0.404. The van der Waals surface area contributed by atoms with Gasteiger partial charge < -0.3 is 15.3 Å². The minimum Gasteiger partial charge on any atom is -0.480 e. The number of benzene rings is 1. The van der Waals surface area contributed by atoms with Crippen molar-refractivity contribution in [1.82, 2.24) is 0 Å². The lowest BCUT2D eigenvalue weighted by Gasteiger charge is -2.18. The molecule has 5 nitrogen and oxygen atoms in total. The number of carbonyl (C=O) groups excluding carboxylic acids is 1. The van der Waals surface area contributed by atoms with Crippen LogP contribution in [0.25, 0.3) is 0 Å². The summed E-state index contributed by atoms with van der Waals surface area (Å²) in [6.07, 6.45) is 3.30. The van der Waals surface area contributed by atoms with Crippen LogP contribution in [0.2, 0.25) is 0 Å². The van der Waals surface area contributed by atoms with Gasteiger partial charge in [0.05, 0.1) is 0 Å². The van der Waals surface area contributed by atoms with E-state index in [1.54, 1.807) is 0 Å². The van der Waals surface area contributed by atoms with Crippen molar-refractivity contribution in [3.63, 3.8) is 0 Å². The van der Waals surface area contributed by atoms with Gasteiger partial charge in [0.15, 0.2) is 0 Å². The van der Waals surface area contributed by atoms with Crippen molar-refractivity contribution in [2.75, 3.05) is 23.3 Å². The van der Waals surface area contributed by atoms with Gasteiger partial charge in [0, 0.05) is 24.5 Å².